The summed E-state index contributed by atoms with van der Waals surface area (Å²) in [6, 6.07) is 7.24. The molecule has 0 fully saturated rings. The molecule has 12 heteroatoms. The quantitative estimate of drug-likeness (QED) is 0.221. The van der Waals surface area contributed by atoms with E-state index in [1.165, 1.54) is 30.2 Å². The summed E-state index contributed by atoms with van der Waals surface area (Å²) in [7, 11) is 0. The van der Waals surface area contributed by atoms with Gasteiger partial charge >= 0.3 is 5.97 Å². The van der Waals surface area contributed by atoms with Gasteiger partial charge in [-0.1, -0.05) is 58.7 Å². The molecule has 3 N–H and O–H groups in total. The molecule has 2 heterocycles. The van der Waals surface area contributed by atoms with Gasteiger partial charge in [0.05, 0.1) is 15.6 Å². The van der Waals surface area contributed by atoms with E-state index < -0.39 is 17.9 Å². The zero-order valence-corrected chi connectivity index (χ0v) is 19.6. The Kier molecular flexibility index (Phi) is 8.14. The van der Waals surface area contributed by atoms with Crippen LogP contribution in [0.5, 0.6) is 0 Å². The maximum absolute atomic E-state index is 12.5. The lowest BCUT2D eigenvalue weighted by molar-refractivity contribution is -0.137. The first-order valence-electron chi connectivity index (χ1n) is 9.04. The van der Waals surface area contributed by atoms with Gasteiger partial charge in [-0.15, -0.1) is 0 Å². The van der Waals surface area contributed by atoms with Crippen molar-refractivity contribution in [3.05, 3.63) is 69.1 Å². The van der Waals surface area contributed by atoms with Crippen LogP contribution in [0.3, 0.4) is 0 Å². The minimum atomic E-state index is -1.05. The summed E-state index contributed by atoms with van der Waals surface area (Å²) in [4.78, 5) is 36.3. The van der Waals surface area contributed by atoms with Crippen molar-refractivity contribution in [2.24, 2.45) is 0 Å². The lowest BCUT2D eigenvalue weighted by Gasteiger charge is -2.16. The molecule has 1 amide bonds. The number of hydrogen-bond acceptors (Lipinski definition) is 7. The number of rotatable bonds is 8. The average Bonchev–Trinajstić information content (AvgIpc) is 2.74. The van der Waals surface area contributed by atoms with Crippen LogP contribution < -0.4 is 10.6 Å². The van der Waals surface area contributed by atoms with E-state index in [0.717, 1.165) is 5.56 Å². The minimum Gasteiger partial charge on any atom is -0.480 e. The number of carboxylic acids is 1. The molecular formula is C20H16Cl3N5O3S. The predicted octanol–water partition coefficient (Wildman–Crippen LogP) is 4.91. The fraction of sp³-hybridized carbons (Fsp3) is 0.150. The second-order valence-electron chi connectivity index (χ2n) is 6.43. The van der Waals surface area contributed by atoms with E-state index in [1.807, 2.05) is 0 Å². The lowest BCUT2D eigenvalue weighted by Crippen LogP contribution is -2.32. The number of thioether (sulfide) groups is 1. The molecule has 0 bridgehead atoms. The van der Waals surface area contributed by atoms with Crippen molar-refractivity contribution in [2.45, 2.75) is 17.6 Å². The molecule has 1 atom stereocenters. The monoisotopic (exact) mass is 511 g/mol. The molecule has 0 radical (unpaired) electrons. The highest BCUT2D eigenvalue weighted by Gasteiger charge is 2.20. The number of pyridine rings is 1. The highest BCUT2D eigenvalue weighted by atomic mass is 35.5. The summed E-state index contributed by atoms with van der Waals surface area (Å²) in [5.41, 5.74) is 1.35. The van der Waals surface area contributed by atoms with Gasteiger partial charge in [0, 0.05) is 30.6 Å². The van der Waals surface area contributed by atoms with Crippen LogP contribution in [-0.2, 0) is 11.2 Å². The second-order valence-corrected chi connectivity index (χ2v) is 8.41. The summed E-state index contributed by atoms with van der Waals surface area (Å²) in [5.74, 6) is -1.22. The van der Waals surface area contributed by atoms with Gasteiger partial charge in [0.25, 0.3) is 5.91 Å². The van der Waals surface area contributed by atoms with Gasteiger partial charge in [-0.25, -0.2) is 14.8 Å². The topological polar surface area (TPSA) is 117 Å². The molecular weight excluding hydrogens is 497 g/mol. The predicted molar refractivity (Wildman–Crippen MR) is 126 cm³/mol. The Hall–Kier alpha value is -2.59. The third-order valence-corrected chi connectivity index (χ3v) is 5.52. The molecule has 0 spiro atoms. The van der Waals surface area contributed by atoms with Gasteiger partial charge in [0.1, 0.15) is 17.0 Å². The Bertz CT molecular complexity index is 1130. The Morgan fingerprint density at radius 1 is 1.09 bits per heavy atom. The van der Waals surface area contributed by atoms with Gasteiger partial charge < -0.3 is 15.7 Å². The Morgan fingerprint density at radius 2 is 1.75 bits per heavy atom. The number of carbonyl (C=O) groups excluding carboxylic acids is 1. The van der Waals surface area contributed by atoms with Crippen LogP contribution in [0.1, 0.15) is 15.9 Å². The van der Waals surface area contributed by atoms with Gasteiger partial charge in [0.2, 0.25) is 0 Å². The smallest absolute Gasteiger partial charge is 0.326 e. The molecule has 0 saturated carbocycles. The number of hydrogen-bond donors (Lipinski definition) is 3. The maximum Gasteiger partial charge on any atom is 0.326 e. The van der Waals surface area contributed by atoms with Crippen LogP contribution in [0.4, 0.5) is 11.5 Å². The number of amides is 1. The van der Waals surface area contributed by atoms with E-state index in [9.17, 15) is 14.7 Å². The number of aliphatic carboxylic acids is 1. The number of halogens is 3. The van der Waals surface area contributed by atoms with Crippen molar-refractivity contribution >= 4 is 69.9 Å². The minimum absolute atomic E-state index is 0.121. The average molecular weight is 513 g/mol. The molecule has 2 aromatic heterocycles. The fourth-order valence-corrected chi connectivity index (χ4v) is 3.87. The molecule has 0 saturated heterocycles. The molecule has 3 rings (SSSR count). The van der Waals surface area contributed by atoms with E-state index in [0.29, 0.717) is 16.7 Å². The van der Waals surface area contributed by atoms with Crippen molar-refractivity contribution in [1.29, 1.82) is 0 Å². The number of nitrogens with zero attached hydrogens (tertiary/aromatic N) is 3. The van der Waals surface area contributed by atoms with Crippen LogP contribution in [0.15, 0.2) is 47.9 Å². The first-order valence-corrected chi connectivity index (χ1v) is 11.4. The lowest BCUT2D eigenvalue weighted by atomic mass is 10.1. The summed E-state index contributed by atoms with van der Waals surface area (Å²) < 4.78 is 0. The van der Waals surface area contributed by atoms with Crippen molar-refractivity contribution in [3.63, 3.8) is 0 Å². The molecule has 0 aliphatic rings. The van der Waals surface area contributed by atoms with Crippen LogP contribution in [0, 0.1) is 0 Å². The molecule has 1 aromatic carbocycles. The summed E-state index contributed by atoms with van der Waals surface area (Å²) in [6.45, 7) is 0. The van der Waals surface area contributed by atoms with E-state index in [4.69, 9.17) is 34.8 Å². The van der Waals surface area contributed by atoms with Gasteiger partial charge in [0.15, 0.2) is 5.16 Å². The van der Waals surface area contributed by atoms with Crippen LogP contribution in [0.25, 0.3) is 0 Å². The van der Waals surface area contributed by atoms with Crippen molar-refractivity contribution in [3.8, 4) is 0 Å². The SMILES string of the molecule is CSc1nc(Cl)cc(NC(Cc2ccc(NC(=O)c3c(Cl)cncc3Cl)cc2)C(=O)O)n1. The van der Waals surface area contributed by atoms with Crippen LogP contribution in [-0.4, -0.2) is 44.2 Å². The van der Waals surface area contributed by atoms with E-state index in [-0.39, 0.29) is 27.2 Å². The fourth-order valence-electron chi connectivity index (χ4n) is 2.72. The summed E-state index contributed by atoms with van der Waals surface area (Å²) in [5, 5.41) is 16.1. The highest BCUT2D eigenvalue weighted by Crippen LogP contribution is 2.24. The number of benzene rings is 1. The normalized spacial score (nSPS) is 11.6. The van der Waals surface area contributed by atoms with Crippen molar-refractivity contribution < 1.29 is 14.7 Å². The van der Waals surface area contributed by atoms with Crippen molar-refractivity contribution in [1.82, 2.24) is 15.0 Å². The first kappa shape index (κ1) is 24.1. The Morgan fingerprint density at radius 3 is 2.34 bits per heavy atom. The highest BCUT2D eigenvalue weighted by molar-refractivity contribution is 7.98. The molecule has 32 heavy (non-hydrogen) atoms. The maximum atomic E-state index is 12.5. The molecule has 8 nitrogen and oxygen atoms in total. The summed E-state index contributed by atoms with van der Waals surface area (Å²) in [6.07, 6.45) is 4.62. The Balaban J connectivity index is 1.70. The number of carbonyl (C=O) groups is 2. The van der Waals surface area contributed by atoms with E-state index in [2.05, 4.69) is 25.6 Å². The van der Waals surface area contributed by atoms with Crippen LogP contribution >= 0.6 is 46.6 Å². The van der Waals surface area contributed by atoms with Gasteiger partial charge in [-0.2, -0.15) is 0 Å². The third kappa shape index (κ3) is 6.23. The molecule has 166 valence electrons. The van der Waals surface area contributed by atoms with Crippen molar-refractivity contribution in [2.75, 3.05) is 16.9 Å². The zero-order chi connectivity index (χ0) is 23.3. The number of carboxylic acid groups (broad SMARTS) is 1. The molecule has 1 unspecified atom stereocenters. The van der Waals surface area contributed by atoms with Crippen LogP contribution in [0.2, 0.25) is 15.2 Å². The first-order chi connectivity index (χ1) is 15.3. The molecule has 3 aromatic rings. The molecule has 0 aliphatic heterocycles. The number of nitrogens with one attached hydrogen (secondary N) is 2. The Labute approximate surface area is 202 Å². The summed E-state index contributed by atoms with van der Waals surface area (Å²) >= 11 is 19.3. The van der Waals surface area contributed by atoms with Gasteiger partial charge in [-0.3, -0.25) is 9.78 Å². The number of anilines is 2. The van der Waals surface area contributed by atoms with E-state index >= 15 is 0 Å². The standard InChI is InChI=1S/C20H16Cl3N5O3S/c1-32-20-27-15(23)7-16(28-20)26-14(19(30)31)6-10-2-4-11(5-3-10)25-18(29)17-12(21)8-24-9-13(17)22/h2-5,7-9,14H,6H2,1H3,(H,25,29)(H,30,31)(H,26,27,28). The zero-order valence-electron chi connectivity index (χ0n) is 16.5. The van der Waals surface area contributed by atoms with Gasteiger partial charge in [-0.05, 0) is 24.0 Å². The second kappa shape index (κ2) is 10.8. The molecule has 0 aliphatic carbocycles. The largest absolute Gasteiger partial charge is 0.480 e. The third-order valence-electron chi connectivity index (χ3n) is 4.21. The number of aromatic nitrogens is 3. The van der Waals surface area contributed by atoms with E-state index in [1.54, 1.807) is 30.5 Å².